The van der Waals surface area contributed by atoms with Crippen molar-refractivity contribution in [1.82, 2.24) is 9.97 Å². The molecule has 1 heterocycles. The minimum Gasteiger partial charge on any atom is -0.318 e. The van der Waals surface area contributed by atoms with E-state index in [0.717, 1.165) is 5.69 Å². The standard InChI is InChI=1S/C10H16N4OS/c1-6-5-7(14-9(12-6)16-4)13-8(15)10(2,3)11/h5H,11H2,1-4H3,(H,12,13,14,15). The number of nitrogens with two attached hydrogens (primary N) is 1. The number of aryl methyl sites for hydroxylation is 1. The quantitative estimate of drug-likeness (QED) is 0.612. The zero-order valence-electron chi connectivity index (χ0n) is 9.87. The van der Waals surface area contributed by atoms with Gasteiger partial charge in [0, 0.05) is 11.8 Å². The number of nitrogens with one attached hydrogen (secondary N) is 1. The minimum absolute atomic E-state index is 0.266. The van der Waals surface area contributed by atoms with E-state index >= 15 is 0 Å². The average Bonchev–Trinajstić information content (AvgIpc) is 2.15. The van der Waals surface area contributed by atoms with Crippen molar-refractivity contribution < 1.29 is 4.79 Å². The summed E-state index contributed by atoms with van der Waals surface area (Å²) in [6, 6.07) is 1.71. The topological polar surface area (TPSA) is 80.9 Å². The van der Waals surface area contributed by atoms with Crippen molar-refractivity contribution in [3.8, 4) is 0 Å². The van der Waals surface area contributed by atoms with Gasteiger partial charge in [-0.05, 0) is 27.0 Å². The molecule has 0 aliphatic rings. The van der Waals surface area contributed by atoms with Crippen molar-refractivity contribution in [1.29, 1.82) is 0 Å². The van der Waals surface area contributed by atoms with Gasteiger partial charge in [0.2, 0.25) is 5.91 Å². The van der Waals surface area contributed by atoms with E-state index in [1.807, 2.05) is 13.2 Å². The molecule has 0 fully saturated rings. The van der Waals surface area contributed by atoms with Crippen LogP contribution in [0.5, 0.6) is 0 Å². The van der Waals surface area contributed by atoms with Gasteiger partial charge < -0.3 is 11.1 Å². The third-order valence-electron chi connectivity index (χ3n) is 1.84. The number of anilines is 1. The Balaban J connectivity index is 2.89. The Morgan fingerprint density at radius 1 is 1.50 bits per heavy atom. The monoisotopic (exact) mass is 240 g/mol. The third kappa shape index (κ3) is 3.46. The molecule has 1 amide bonds. The highest BCUT2D eigenvalue weighted by molar-refractivity contribution is 7.98. The van der Waals surface area contributed by atoms with Gasteiger partial charge in [0.1, 0.15) is 5.82 Å². The first-order valence-corrected chi connectivity index (χ1v) is 6.05. The van der Waals surface area contributed by atoms with Gasteiger partial charge in [-0.25, -0.2) is 9.97 Å². The summed E-state index contributed by atoms with van der Waals surface area (Å²) in [6.07, 6.45) is 1.88. The molecule has 3 N–H and O–H groups in total. The minimum atomic E-state index is -0.918. The molecule has 0 bridgehead atoms. The Hall–Kier alpha value is -1.14. The van der Waals surface area contributed by atoms with Gasteiger partial charge in [0.15, 0.2) is 5.16 Å². The molecule has 0 spiro atoms. The molecule has 0 saturated carbocycles. The molecule has 0 aliphatic carbocycles. The maximum atomic E-state index is 11.6. The lowest BCUT2D eigenvalue weighted by Crippen LogP contribution is -2.45. The van der Waals surface area contributed by atoms with E-state index in [4.69, 9.17) is 5.73 Å². The molecule has 0 radical (unpaired) electrons. The van der Waals surface area contributed by atoms with Crippen LogP contribution in [0.25, 0.3) is 0 Å². The number of hydrogen-bond acceptors (Lipinski definition) is 5. The summed E-state index contributed by atoms with van der Waals surface area (Å²) < 4.78 is 0. The highest BCUT2D eigenvalue weighted by Crippen LogP contribution is 2.14. The summed E-state index contributed by atoms with van der Waals surface area (Å²) in [7, 11) is 0. The number of carbonyl (C=O) groups excluding carboxylic acids is 1. The SMILES string of the molecule is CSc1nc(C)cc(NC(=O)C(C)(C)N)n1. The van der Waals surface area contributed by atoms with Crippen LogP contribution in [0.2, 0.25) is 0 Å². The highest BCUT2D eigenvalue weighted by Gasteiger charge is 2.22. The fourth-order valence-corrected chi connectivity index (χ4v) is 1.40. The second-order valence-corrected chi connectivity index (χ2v) is 4.83. The predicted molar refractivity (Wildman–Crippen MR) is 65.4 cm³/mol. The molecule has 16 heavy (non-hydrogen) atoms. The first kappa shape index (κ1) is 12.9. The highest BCUT2D eigenvalue weighted by atomic mass is 32.2. The van der Waals surface area contributed by atoms with E-state index in [-0.39, 0.29) is 5.91 Å². The second-order valence-electron chi connectivity index (χ2n) is 4.06. The van der Waals surface area contributed by atoms with Crippen molar-refractivity contribution >= 4 is 23.5 Å². The molecule has 6 heteroatoms. The van der Waals surface area contributed by atoms with Gasteiger partial charge in [-0.3, -0.25) is 4.79 Å². The summed E-state index contributed by atoms with van der Waals surface area (Å²) in [6.45, 7) is 5.14. The van der Waals surface area contributed by atoms with Gasteiger partial charge in [-0.2, -0.15) is 0 Å². The van der Waals surface area contributed by atoms with E-state index in [1.165, 1.54) is 11.8 Å². The van der Waals surface area contributed by atoms with Gasteiger partial charge in [0.25, 0.3) is 0 Å². The van der Waals surface area contributed by atoms with Crippen LogP contribution in [0.3, 0.4) is 0 Å². The number of nitrogens with zero attached hydrogens (tertiary/aromatic N) is 2. The summed E-state index contributed by atoms with van der Waals surface area (Å²) >= 11 is 1.43. The molecule has 0 aromatic carbocycles. The van der Waals surface area contributed by atoms with Gasteiger partial charge >= 0.3 is 0 Å². The predicted octanol–water partition coefficient (Wildman–Crippen LogP) is 1.18. The first-order valence-electron chi connectivity index (χ1n) is 4.83. The smallest absolute Gasteiger partial charge is 0.245 e. The molecular formula is C10H16N4OS. The van der Waals surface area contributed by atoms with Gasteiger partial charge in [-0.1, -0.05) is 11.8 Å². The van der Waals surface area contributed by atoms with Crippen LogP contribution in [0.1, 0.15) is 19.5 Å². The van der Waals surface area contributed by atoms with E-state index in [1.54, 1.807) is 19.9 Å². The Labute approximate surface area is 99.2 Å². The fraction of sp³-hybridized carbons (Fsp3) is 0.500. The van der Waals surface area contributed by atoms with E-state index in [9.17, 15) is 4.79 Å². The normalized spacial score (nSPS) is 11.3. The van der Waals surface area contributed by atoms with Crippen LogP contribution < -0.4 is 11.1 Å². The molecular weight excluding hydrogens is 224 g/mol. The maximum absolute atomic E-state index is 11.6. The van der Waals surface area contributed by atoms with Crippen molar-refractivity contribution in [2.45, 2.75) is 31.5 Å². The van der Waals surface area contributed by atoms with Gasteiger partial charge in [0.05, 0.1) is 5.54 Å². The molecule has 0 aliphatic heterocycles. The van der Waals surface area contributed by atoms with Crippen LogP contribution in [0.4, 0.5) is 5.82 Å². The summed E-state index contributed by atoms with van der Waals surface area (Å²) in [4.78, 5) is 20.0. The van der Waals surface area contributed by atoms with Gasteiger partial charge in [-0.15, -0.1) is 0 Å². The fourth-order valence-electron chi connectivity index (χ4n) is 0.974. The largest absolute Gasteiger partial charge is 0.318 e. The molecule has 5 nitrogen and oxygen atoms in total. The molecule has 1 aromatic heterocycles. The Morgan fingerprint density at radius 2 is 2.12 bits per heavy atom. The van der Waals surface area contributed by atoms with Crippen molar-refractivity contribution in [2.24, 2.45) is 5.73 Å². The van der Waals surface area contributed by atoms with Crippen LogP contribution >= 0.6 is 11.8 Å². The number of amides is 1. The van der Waals surface area contributed by atoms with Crippen molar-refractivity contribution in [3.63, 3.8) is 0 Å². The molecule has 0 unspecified atom stereocenters. The Morgan fingerprint density at radius 3 is 2.62 bits per heavy atom. The maximum Gasteiger partial charge on any atom is 0.245 e. The van der Waals surface area contributed by atoms with Crippen LogP contribution in [-0.2, 0) is 4.79 Å². The lowest BCUT2D eigenvalue weighted by Gasteiger charge is -2.17. The van der Waals surface area contributed by atoms with Crippen molar-refractivity contribution in [2.75, 3.05) is 11.6 Å². The molecule has 0 atom stereocenters. The Bertz CT molecular complexity index is 400. The molecule has 88 valence electrons. The average molecular weight is 240 g/mol. The summed E-state index contributed by atoms with van der Waals surface area (Å²) in [5.74, 6) is 0.220. The van der Waals surface area contributed by atoms with E-state index in [2.05, 4.69) is 15.3 Å². The van der Waals surface area contributed by atoms with Crippen LogP contribution in [0, 0.1) is 6.92 Å². The zero-order chi connectivity index (χ0) is 12.3. The molecule has 1 rings (SSSR count). The lowest BCUT2D eigenvalue weighted by atomic mass is 10.1. The number of rotatable bonds is 3. The van der Waals surface area contributed by atoms with E-state index < -0.39 is 5.54 Å². The first-order chi connectivity index (χ1) is 7.32. The van der Waals surface area contributed by atoms with Crippen LogP contribution in [0.15, 0.2) is 11.2 Å². The number of thioether (sulfide) groups is 1. The third-order valence-corrected chi connectivity index (χ3v) is 2.39. The second kappa shape index (κ2) is 4.80. The number of aromatic nitrogens is 2. The van der Waals surface area contributed by atoms with Crippen molar-refractivity contribution in [3.05, 3.63) is 11.8 Å². The van der Waals surface area contributed by atoms with E-state index in [0.29, 0.717) is 11.0 Å². The Kier molecular flexibility index (Phi) is 3.88. The summed E-state index contributed by atoms with van der Waals surface area (Å²) in [5, 5.41) is 3.30. The number of carbonyl (C=O) groups is 1. The lowest BCUT2D eigenvalue weighted by molar-refractivity contribution is -0.120. The summed E-state index contributed by atoms with van der Waals surface area (Å²) in [5.41, 5.74) is 5.57. The molecule has 1 aromatic rings. The number of hydrogen-bond donors (Lipinski definition) is 2. The molecule has 0 saturated heterocycles. The zero-order valence-corrected chi connectivity index (χ0v) is 10.7. The van der Waals surface area contributed by atoms with Crippen LogP contribution in [-0.4, -0.2) is 27.7 Å².